The van der Waals surface area contributed by atoms with E-state index in [2.05, 4.69) is 24.3 Å². The van der Waals surface area contributed by atoms with E-state index >= 15 is 0 Å². The Bertz CT molecular complexity index is 1390. The molecule has 0 spiro atoms. The monoisotopic (exact) mass is 664 g/mol. The van der Waals surface area contributed by atoms with Crippen LogP contribution in [0.25, 0.3) is 22.3 Å². The van der Waals surface area contributed by atoms with Crippen LogP contribution < -0.4 is 9.47 Å². The van der Waals surface area contributed by atoms with E-state index in [1.165, 1.54) is 57.8 Å². The van der Waals surface area contributed by atoms with E-state index in [-0.39, 0.29) is 11.9 Å². The van der Waals surface area contributed by atoms with Gasteiger partial charge in [0.2, 0.25) is 0 Å². The molecule has 0 aromatic heterocycles. The van der Waals surface area contributed by atoms with Crippen LogP contribution in [-0.2, 0) is 9.47 Å². The molecule has 0 fully saturated rings. The van der Waals surface area contributed by atoms with Gasteiger partial charge >= 0.3 is 11.9 Å². The third-order valence-corrected chi connectivity index (χ3v) is 8.49. The molecule has 4 aromatic carbocycles. The topological polar surface area (TPSA) is 71.1 Å². The number of rotatable bonds is 22. The summed E-state index contributed by atoms with van der Waals surface area (Å²) in [6.07, 6.45) is 13.7. The number of ether oxygens (including phenoxy) is 4. The minimum Gasteiger partial charge on any atom is -0.494 e. The quantitative estimate of drug-likeness (QED) is 0.0615. The molecule has 0 saturated carbocycles. The molecule has 0 aliphatic heterocycles. The normalized spacial score (nSPS) is 10.8. The molecular formula is C43H52O6. The van der Waals surface area contributed by atoms with Crippen LogP contribution in [0.15, 0.2) is 97.1 Å². The summed E-state index contributed by atoms with van der Waals surface area (Å²) in [5.41, 5.74) is 5.44. The molecule has 4 aromatic rings. The third kappa shape index (κ3) is 13.1. The van der Waals surface area contributed by atoms with Gasteiger partial charge in [0.15, 0.2) is 0 Å². The predicted octanol–water partition coefficient (Wildman–Crippen LogP) is 11.1. The second-order valence-corrected chi connectivity index (χ2v) is 12.2. The van der Waals surface area contributed by atoms with Gasteiger partial charge in [-0.1, -0.05) is 106 Å². The second kappa shape index (κ2) is 21.4. The van der Waals surface area contributed by atoms with E-state index in [0.717, 1.165) is 59.8 Å². The highest BCUT2D eigenvalue weighted by Gasteiger charge is 2.08. The summed E-state index contributed by atoms with van der Waals surface area (Å²) in [6, 6.07) is 31.3. The van der Waals surface area contributed by atoms with Crippen LogP contribution in [0, 0.1) is 0 Å². The summed E-state index contributed by atoms with van der Waals surface area (Å²) < 4.78 is 22.0. The first kappa shape index (κ1) is 37.2. The highest BCUT2D eigenvalue weighted by atomic mass is 16.5. The van der Waals surface area contributed by atoms with Gasteiger partial charge in [0.05, 0.1) is 37.6 Å². The lowest BCUT2D eigenvalue weighted by molar-refractivity contribution is 0.0517. The number of carbonyl (C=O) groups excluding carboxylic acids is 2. The van der Waals surface area contributed by atoms with Gasteiger partial charge in [0, 0.05) is 0 Å². The Balaban J connectivity index is 0.951. The summed E-state index contributed by atoms with van der Waals surface area (Å²) in [6.45, 7) is 5.86. The average molecular weight is 665 g/mol. The van der Waals surface area contributed by atoms with Crippen molar-refractivity contribution in [2.24, 2.45) is 0 Å². The van der Waals surface area contributed by atoms with Gasteiger partial charge in [-0.2, -0.15) is 0 Å². The van der Waals surface area contributed by atoms with Gasteiger partial charge in [-0.05, 0) is 97.5 Å². The third-order valence-electron chi connectivity index (χ3n) is 8.49. The van der Waals surface area contributed by atoms with E-state index in [1.54, 1.807) is 24.3 Å². The summed E-state index contributed by atoms with van der Waals surface area (Å²) in [4.78, 5) is 23.7. The van der Waals surface area contributed by atoms with E-state index in [0.29, 0.717) is 24.3 Å². The summed E-state index contributed by atoms with van der Waals surface area (Å²) in [7, 11) is 0. The molecule has 0 atom stereocenters. The second-order valence-electron chi connectivity index (χ2n) is 12.2. The Kier molecular flexibility index (Phi) is 16.3. The number of unbranched alkanes of at least 4 members (excludes halogenated alkanes) is 10. The Morgan fingerprint density at radius 3 is 0.939 bits per heavy atom. The smallest absolute Gasteiger partial charge is 0.338 e. The van der Waals surface area contributed by atoms with Gasteiger partial charge in [-0.25, -0.2) is 9.59 Å². The van der Waals surface area contributed by atoms with Crippen LogP contribution in [0.2, 0.25) is 0 Å². The van der Waals surface area contributed by atoms with Crippen LogP contribution in [0.5, 0.6) is 11.5 Å². The fourth-order valence-electron chi connectivity index (χ4n) is 5.69. The highest BCUT2D eigenvalue weighted by Crippen LogP contribution is 2.25. The Morgan fingerprint density at radius 1 is 0.388 bits per heavy atom. The number of hydrogen-bond donors (Lipinski definition) is 0. The van der Waals surface area contributed by atoms with Crippen molar-refractivity contribution in [3.63, 3.8) is 0 Å². The molecule has 6 heteroatoms. The van der Waals surface area contributed by atoms with Crippen molar-refractivity contribution >= 4 is 11.9 Å². The molecule has 260 valence electrons. The Labute approximate surface area is 292 Å². The number of benzene rings is 4. The molecule has 0 N–H and O–H groups in total. The van der Waals surface area contributed by atoms with Crippen molar-refractivity contribution in [2.75, 3.05) is 26.4 Å². The van der Waals surface area contributed by atoms with Crippen molar-refractivity contribution in [1.29, 1.82) is 0 Å². The molecule has 0 bridgehead atoms. The van der Waals surface area contributed by atoms with Gasteiger partial charge in [0.1, 0.15) is 11.5 Å². The molecule has 0 radical (unpaired) electrons. The zero-order valence-corrected chi connectivity index (χ0v) is 29.3. The Morgan fingerprint density at radius 2 is 0.653 bits per heavy atom. The summed E-state index contributed by atoms with van der Waals surface area (Å²) in [5.74, 6) is 1.21. The molecule has 0 saturated heterocycles. The van der Waals surface area contributed by atoms with Crippen molar-refractivity contribution in [3.8, 4) is 33.8 Å². The molecule has 4 rings (SSSR count). The fourth-order valence-corrected chi connectivity index (χ4v) is 5.69. The van der Waals surface area contributed by atoms with Crippen molar-refractivity contribution in [2.45, 2.75) is 84.5 Å². The van der Waals surface area contributed by atoms with Crippen LogP contribution in [0.4, 0.5) is 0 Å². The number of hydrogen-bond acceptors (Lipinski definition) is 6. The highest BCUT2D eigenvalue weighted by molar-refractivity contribution is 5.90. The maximum atomic E-state index is 11.8. The van der Waals surface area contributed by atoms with E-state index in [9.17, 15) is 9.59 Å². The lowest BCUT2D eigenvalue weighted by atomic mass is 10.0. The minimum atomic E-state index is -0.289. The summed E-state index contributed by atoms with van der Waals surface area (Å²) >= 11 is 0. The predicted molar refractivity (Wildman–Crippen MR) is 197 cm³/mol. The first-order chi connectivity index (χ1) is 24.1. The van der Waals surface area contributed by atoms with Crippen LogP contribution in [-0.4, -0.2) is 38.4 Å². The Hall–Kier alpha value is -4.58. The van der Waals surface area contributed by atoms with Crippen LogP contribution in [0.1, 0.15) is 105 Å². The largest absolute Gasteiger partial charge is 0.494 e. The summed E-state index contributed by atoms with van der Waals surface area (Å²) in [5, 5.41) is 0. The van der Waals surface area contributed by atoms with Gasteiger partial charge in [-0.15, -0.1) is 0 Å². The lowest BCUT2D eigenvalue weighted by Gasteiger charge is -2.08. The van der Waals surface area contributed by atoms with Gasteiger partial charge in [-0.3, -0.25) is 0 Å². The number of carbonyl (C=O) groups is 2. The van der Waals surface area contributed by atoms with Crippen molar-refractivity contribution in [3.05, 3.63) is 108 Å². The maximum Gasteiger partial charge on any atom is 0.338 e. The molecule has 49 heavy (non-hydrogen) atoms. The first-order valence-corrected chi connectivity index (χ1v) is 18.1. The number of esters is 2. The van der Waals surface area contributed by atoms with Crippen LogP contribution >= 0.6 is 0 Å². The maximum absolute atomic E-state index is 11.8. The van der Waals surface area contributed by atoms with E-state index < -0.39 is 0 Å². The molecule has 0 aliphatic rings. The first-order valence-electron chi connectivity index (χ1n) is 18.1. The SMILES string of the molecule is CCOC(=O)c1ccc(-c2ccc(OCCCCCCCCCCCCCOc3ccc(-c4ccc(C(=O)OCC)cc4)cc3)cc2)cc1. The molecule has 0 heterocycles. The molecule has 0 unspecified atom stereocenters. The van der Waals surface area contributed by atoms with Gasteiger partial charge < -0.3 is 18.9 Å². The van der Waals surface area contributed by atoms with Crippen molar-refractivity contribution in [1.82, 2.24) is 0 Å². The zero-order valence-electron chi connectivity index (χ0n) is 29.3. The fraction of sp³-hybridized carbons (Fsp3) is 0.395. The minimum absolute atomic E-state index is 0.289. The molecular weight excluding hydrogens is 612 g/mol. The van der Waals surface area contributed by atoms with Crippen molar-refractivity contribution < 1.29 is 28.5 Å². The zero-order chi connectivity index (χ0) is 34.5. The van der Waals surface area contributed by atoms with Gasteiger partial charge in [0.25, 0.3) is 0 Å². The molecule has 6 nitrogen and oxygen atoms in total. The lowest BCUT2D eigenvalue weighted by Crippen LogP contribution is -2.03. The van der Waals surface area contributed by atoms with E-state index in [4.69, 9.17) is 18.9 Å². The average Bonchev–Trinajstić information content (AvgIpc) is 3.14. The van der Waals surface area contributed by atoms with E-state index in [1.807, 2.05) is 62.4 Å². The standard InChI is InChI=1S/C43H52O6/c1-3-46-42(44)38-20-16-34(17-21-38)36-24-28-40(29-25-36)48-32-14-12-10-8-6-5-7-9-11-13-15-33-49-41-30-26-37(27-31-41)35-18-22-39(23-19-35)43(45)47-4-2/h16-31H,3-15,32-33H2,1-2H3. The van der Waals surface area contributed by atoms with Crippen LogP contribution in [0.3, 0.4) is 0 Å². The molecule has 0 amide bonds. The molecule has 0 aliphatic carbocycles.